The van der Waals surface area contributed by atoms with Crippen molar-refractivity contribution in [3.8, 4) is 11.3 Å². The van der Waals surface area contributed by atoms with Gasteiger partial charge < -0.3 is 9.80 Å². The molecule has 7 nitrogen and oxygen atoms in total. The van der Waals surface area contributed by atoms with Crippen molar-refractivity contribution in [2.45, 2.75) is 13.8 Å². The Morgan fingerprint density at radius 3 is 2.58 bits per heavy atom. The van der Waals surface area contributed by atoms with Gasteiger partial charge in [0.1, 0.15) is 5.69 Å². The second-order valence-electron chi connectivity index (χ2n) is 7.32. The van der Waals surface area contributed by atoms with Crippen molar-refractivity contribution < 1.29 is 9.59 Å². The highest BCUT2D eigenvalue weighted by atomic mass is 35.5. The summed E-state index contributed by atoms with van der Waals surface area (Å²) in [4.78, 5) is 37.2. The van der Waals surface area contributed by atoms with E-state index in [1.807, 2.05) is 47.5 Å². The average Bonchev–Trinajstić information content (AvgIpc) is 3.22. The van der Waals surface area contributed by atoms with E-state index >= 15 is 0 Å². The van der Waals surface area contributed by atoms with Crippen molar-refractivity contribution in [3.05, 3.63) is 58.2 Å². The van der Waals surface area contributed by atoms with Crippen LogP contribution in [0, 0.1) is 6.92 Å². The molecule has 2 aromatic heterocycles. The number of piperazine rings is 1. The Morgan fingerprint density at radius 1 is 1.16 bits per heavy atom. The monoisotopic (exact) mass is 455 g/mol. The minimum Gasteiger partial charge on any atom is -0.367 e. The number of carbonyl (C=O) groups excluding carboxylic acids is 2. The average molecular weight is 456 g/mol. The van der Waals surface area contributed by atoms with Crippen LogP contribution in [0.4, 0.5) is 10.8 Å². The van der Waals surface area contributed by atoms with Crippen molar-refractivity contribution in [1.82, 2.24) is 14.9 Å². The largest absolute Gasteiger partial charge is 0.367 e. The molecule has 1 aliphatic rings. The Balaban J connectivity index is 1.44. The first-order chi connectivity index (χ1) is 14.9. The van der Waals surface area contributed by atoms with Gasteiger partial charge in [0.25, 0.3) is 5.91 Å². The quantitative estimate of drug-likeness (QED) is 0.641. The van der Waals surface area contributed by atoms with Gasteiger partial charge in [-0.25, -0.2) is 9.97 Å². The van der Waals surface area contributed by atoms with Gasteiger partial charge in [0.05, 0.1) is 17.6 Å². The lowest BCUT2D eigenvalue weighted by Gasteiger charge is -2.35. The molecule has 3 heterocycles. The van der Waals surface area contributed by atoms with Gasteiger partial charge in [-0.3, -0.25) is 14.9 Å². The first-order valence-corrected chi connectivity index (χ1v) is 11.2. The number of hydrogen-bond acceptors (Lipinski definition) is 6. The zero-order valence-electron chi connectivity index (χ0n) is 17.3. The second-order valence-corrected chi connectivity index (χ2v) is 8.59. The van der Waals surface area contributed by atoms with Crippen LogP contribution in [-0.4, -0.2) is 52.9 Å². The van der Waals surface area contributed by atoms with Crippen molar-refractivity contribution in [2.75, 3.05) is 36.4 Å². The van der Waals surface area contributed by atoms with E-state index in [4.69, 9.17) is 11.6 Å². The highest BCUT2D eigenvalue weighted by molar-refractivity contribution is 7.14. The number of hydrogen-bond donors (Lipinski definition) is 1. The fourth-order valence-electron chi connectivity index (χ4n) is 3.53. The number of halogens is 1. The number of thiazole rings is 1. The Labute approximate surface area is 189 Å². The number of pyridine rings is 1. The van der Waals surface area contributed by atoms with Gasteiger partial charge in [-0.05, 0) is 24.6 Å². The Kier molecular flexibility index (Phi) is 6.20. The summed E-state index contributed by atoms with van der Waals surface area (Å²) < 4.78 is 0. The molecule has 1 N–H and O–H groups in total. The minimum atomic E-state index is -0.300. The maximum absolute atomic E-state index is 12.8. The van der Waals surface area contributed by atoms with Crippen LogP contribution >= 0.6 is 22.9 Å². The molecule has 1 aromatic carbocycles. The first kappa shape index (κ1) is 21.3. The number of aryl methyl sites for hydroxylation is 1. The summed E-state index contributed by atoms with van der Waals surface area (Å²) in [7, 11) is 0. The molecule has 4 rings (SSSR count). The summed E-state index contributed by atoms with van der Waals surface area (Å²) in [6.45, 7) is 6.33. The topological polar surface area (TPSA) is 78.4 Å². The van der Waals surface area contributed by atoms with Gasteiger partial charge in [0.15, 0.2) is 5.13 Å². The number of rotatable bonds is 4. The smallest absolute Gasteiger partial charge is 0.276 e. The third-order valence-electron chi connectivity index (χ3n) is 5.24. The molecule has 0 radical (unpaired) electrons. The molecule has 0 atom stereocenters. The number of amides is 2. The van der Waals surface area contributed by atoms with Crippen LogP contribution in [0.5, 0.6) is 0 Å². The summed E-state index contributed by atoms with van der Waals surface area (Å²) in [5.74, 6) is -0.202. The molecule has 0 aliphatic carbocycles. The number of aromatic nitrogens is 2. The third-order valence-corrected chi connectivity index (χ3v) is 6.33. The summed E-state index contributed by atoms with van der Waals surface area (Å²) in [5.41, 5.74) is 3.64. The number of nitrogens with one attached hydrogen (secondary N) is 1. The van der Waals surface area contributed by atoms with Crippen LogP contribution in [0.3, 0.4) is 0 Å². The molecular formula is C22H22ClN5O2S. The Hall–Kier alpha value is -2.97. The molecule has 31 heavy (non-hydrogen) atoms. The second kappa shape index (κ2) is 9.03. The molecule has 0 unspecified atom stereocenters. The fraction of sp³-hybridized carbons (Fsp3) is 0.273. The molecule has 1 saturated heterocycles. The zero-order valence-corrected chi connectivity index (χ0v) is 18.8. The van der Waals surface area contributed by atoms with E-state index in [1.54, 1.807) is 13.1 Å². The predicted molar refractivity (Wildman–Crippen MR) is 124 cm³/mol. The maximum Gasteiger partial charge on any atom is 0.276 e. The highest BCUT2D eigenvalue weighted by Crippen LogP contribution is 2.30. The van der Waals surface area contributed by atoms with E-state index in [1.165, 1.54) is 11.3 Å². The Morgan fingerprint density at radius 2 is 1.90 bits per heavy atom. The summed E-state index contributed by atoms with van der Waals surface area (Å²) in [6.07, 6.45) is 1.71. The number of carbonyl (C=O) groups is 2. The van der Waals surface area contributed by atoms with E-state index in [0.717, 1.165) is 35.6 Å². The summed E-state index contributed by atoms with van der Waals surface area (Å²) in [6, 6.07) is 9.42. The lowest BCUT2D eigenvalue weighted by molar-refractivity contribution is -0.129. The van der Waals surface area contributed by atoms with Gasteiger partial charge in [-0.2, -0.15) is 0 Å². The van der Waals surface area contributed by atoms with Crippen molar-refractivity contribution in [2.24, 2.45) is 0 Å². The van der Waals surface area contributed by atoms with Gasteiger partial charge in [0, 0.05) is 49.1 Å². The van der Waals surface area contributed by atoms with Crippen molar-refractivity contribution >= 4 is 45.6 Å². The van der Waals surface area contributed by atoms with Crippen LogP contribution in [0.1, 0.15) is 23.0 Å². The molecule has 2 amide bonds. The van der Waals surface area contributed by atoms with Gasteiger partial charge in [-0.1, -0.05) is 29.8 Å². The minimum absolute atomic E-state index is 0.0980. The van der Waals surface area contributed by atoms with Crippen molar-refractivity contribution in [3.63, 3.8) is 0 Å². The van der Waals surface area contributed by atoms with E-state index in [0.29, 0.717) is 28.9 Å². The molecule has 0 saturated carbocycles. The van der Waals surface area contributed by atoms with E-state index < -0.39 is 0 Å². The number of benzene rings is 1. The molecular weight excluding hydrogens is 434 g/mol. The summed E-state index contributed by atoms with van der Waals surface area (Å²) in [5, 5.41) is 5.80. The van der Waals surface area contributed by atoms with E-state index in [9.17, 15) is 9.59 Å². The van der Waals surface area contributed by atoms with E-state index in [-0.39, 0.29) is 11.8 Å². The number of anilines is 2. The molecule has 3 aromatic rings. The SMILES string of the molecule is CC(=O)N1CCN(c2cnc(C(=O)Nc3nc(-c4ccccc4Cl)cs3)c(C)c2)CC1. The van der Waals surface area contributed by atoms with Gasteiger partial charge in [-0.15, -0.1) is 11.3 Å². The molecule has 0 bridgehead atoms. The number of nitrogens with zero attached hydrogens (tertiary/aromatic N) is 4. The molecule has 1 aliphatic heterocycles. The fourth-order valence-corrected chi connectivity index (χ4v) is 4.47. The van der Waals surface area contributed by atoms with Crippen LogP contribution in [0.2, 0.25) is 5.02 Å². The van der Waals surface area contributed by atoms with Crippen LogP contribution < -0.4 is 10.2 Å². The van der Waals surface area contributed by atoms with Gasteiger partial charge in [0.2, 0.25) is 5.91 Å². The lowest BCUT2D eigenvalue weighted by atomic mass is 10.1. The first-order valence-electron chi connectivity index (χ1n) is 9.91. The lowest BCUT2D eigenvalue weighted by Crippen LogP contribution is -2.48. The molecule has 9 heteroatoms. The molecule has 160 valence electrons. The standard InChI is InChI=1S/C22H22ClN5O2S/c1-14-11-16(28-9-7-27(8-10-28)15(2)29)12-24-20(14)21(30)26-22-25-19(13-31-22)17-5-3-4-6-18(17)23/h3-6,11-13H,7-10H2,1-2H3,(H,25,26,30). The van der Waals surface area contributed by atoms with Crippen LogP contribution in [0.25, 0.3) is 11.3 Å². The zero-order chi connectivity index (χ0) is 22.0. The maximum atomic E-state index is 12.8. The third kappa shape index (κ3) is 4.70. The van der Waals surface area contributed by atoms with Crippen molar-refractivity contribution in [1.29, 1.82) is 0 Å². The summed E-state index contributed by atoms with van der Waals surface area (Å²) >= 11 is 7.58. The van der Waals surface area contributed by atoms with Crippen LogP contribution in [0.15, 0.2) is 41.9 Å². The van der Waals surface area contributed by atoms with E-state index in [2.05, 4.69) is 20.2 Å². The normalized spacial score (nSPS) is 13.9. The predicted octanol–water partition coefficient (Wildman–Crippen LogP) is 4.09. The van der Waals surface area contributed by atoms with Crippen LogP contribution in [-0.2, 0) is 4.79 Å². The molecule has 1 fully saturated rings. The molecule has 0 spiro atoms. The highest BCUT2D eigenvalue weighted by Gasteiger charge is 2.21. The van der Waals surface area contributed by atoms with Gasteiger partial charge >= 0.3 is 0 Å². The Bertz CT molecular complexity index is 1120.